The molecule has 0 saturated heterocycles. The Morgan fingerprint density at radius 2 is 1.91 bits per heavy atom. The van der Waals surface area contributed by atoms with Crippen molar-refractivity contribution in [2.24, 2.45) is 0 Å². The normalized spacial score (nSPS) is 9.73. The number of rotatable bonds is 1. The second-order valence-corrected chi connectivity index (χ2v) is 2.08. The van der Waals surface area contributed by atoms with E-state index in [-0.39, 0.29) is 11.2 Å². The van der Waals surface area contributed by atoms with Crippen molar-refractivity contribution in [1.29, 1.82) is 0 Å². The summed E-state index contributed by atoms with van der Waals surface area (Å²) in [6.07, 6.45) is 0. The second kappa shape index (κ2) is 2.90. The summed E-state index contributed by atoms with van der Waals surface area (Å²) in [4.78, 5) is 0. The smallest absolute Gasteiger partial charge is 0.491 e. The van der Waals surface area contributed by atoms with Crippen molar-refractivity contribution in [3.8, 4) is 5.75 Å². The Kier molecular flexibility index (Phi) is 2.12. The predicted octanol–water partition coefficient (Wildman–Crippen LogP) is -0.789. The maximum atomic E-state index is 12.6. The lowest BCUT2D eigenvalue weighted by molar-refractivity contribution is 0.422. The molecule has 1 rings (SSSR count). The van der Waals surface area contributed by atoms with Gasteiger partial charge in [-0.3, -0.25) is 0 Å². The van der Waals surface area contributed by atoms with Crippen LogP contribution in [0.2, 0.25) is 0 Å². The molecule has 0 saturated carbocycles. The van der Waals surface area contributed by atoms with Gasteiger partial charge in [0.15, 0.2) is 0 Å². The standard InChI is InChI=1S/C6H6BFO3/c8-6-3-4(9)1-2-5(6)7(10)11/h1-3,9-11H. The van der Waals surface area contributed by atoms with Gasteiger partial charge in [0, 0.05) is 11.5 Å². The monoisotopic (exact) mass is 156 g/mol. The quantitative estimate of drug-likeness (QED) is 0.467. The first-order valence-electron chi connectivity index (χ1n) is 2.96. The van der Waals surface area contributed by atoms with Crippen LogP contribution >= 0.6 is 0 Å². The van der Waals surface area contributed by atoms with Crippen molar-refractivity contribution in [2.45, 2.75) is 0 Å². The Hall–Kier alpha value is -1.07. The molecule has 0 fully saturated rings. The average Bonchev–Trinajstić information content (AvgIpc) is 1.85. The first-order chi connectivity index (χ1) is 5.11. The number of halogens is 1. The van der Waals surface area contributed by atoms with Gasteiger partial charge in [-0.25, -0.2) is 4.39 Å². The van der Waals surface area contributed by atoms with Crippen LogP contribution in [-0.4, -0.2) is 22.3 Å². The molecular weight excluding hydrogens is 150 g/mol. The summed E-state index contributed by atoms with van der Waals surface area (Å²) in [7, 11) is -1.84. The summed E-state index contributed by atoms with van der Waals surface area (Å²) in [5, 5.41) is 25.8. The van der Waals surface area contributed by atoms with Crippen molar-refractivity contribution >= 4 is 12.6 Å². The maximum absolute atomic E-state index is 12.6. The van der Waals surface area contributed by atoms with Crippen LogP contribution in [0.15, 0.2) is 18.2 Å². The zero-order chi connectivity index (χ0) is 8.43. The van der Waals surface area contributed by atoms with Crippen molar-refractivity contribution in [1.82, 2.24) is 0 Å². The second-order valence-electron chi connectivity index (χ2n) is 2.08. The highest BCUT2D eigenvalue weighted by atomic mass is 19.1. The molecule has 3 N–H and O–H groups in total. The van der Waals surface area contributed by atoms with Crippen molar-refractivity contribution in [2.75, 3.05) is 0 Å². The van der Waals surface area contributed by atoms with Gasteiger partial charge in [-0.2, -0.15) is 0 Å². The molecule has 0 bridgehead atoms. The van der Waals surface area contributed by atoms with Crippen LogP contribution in [0.1, 0.15) is 0 Å². The lowest BCUT2D eigenvalue weighted by atomic mass is 9.80. The van der Waals surface area contributed by atoms with Crippen LogP contribution in [0, 0.1) is 5.82 Å². The Bertz CT molecular complexity index is 264. The van der Waals surface area contributed by atoms with Gasteiger partial charge in [-0.1, -0.05) is 6.07 Å². The molecule has 0 aliphatic rings. The van der Waals surface area contributed by atoms with Gasteiger partial charge in [0.05, 0.1) is 0 Å². The zero-order valence-electron chi connectivity index (χ0n) is 5.53. The van der Waals surface area contributed by atoms with Crippen LogP contribution < -0.4 is 5.46 Å². The van der Waals surface area contributed by atoms with Gasteiger partial charge in [-0.05, 0) is 6.07 Å². The Morgan fingerprint density at radius 3 is 2.36 bits per heavy atom. The summed E-state index contributed by atoms with van der Waals surface area (Å²) in [5.74, 6) is -1.08. The van der Waals surface area contributed by atoms with E-state index in [9.17, 15) is 4.39 Å². The molecule has 0 aliphatic carbocycles. The van der Waals surface area contributed by atoms with Crippen LogP contribution in [0.5, 0.6) is 5.75 Å². The molecule has 0 aliphatic heterocycles. The maximum Gasteiger partial charge on any atom is 0.491 e. The molecule has 0 aromatic heterocycles. The van der Waals surface area contributed by atoms with Gasteiger partial charge in [0.1, 0.15) is 11.6 Å². The lowest BCUT2D eigenvalue weighted by Gasteiger charge is -2.00. The van der Waals surface area contributed by atoms with Crippen LogP contribution in [-0.2, 0) is 0 Å². The van der Waals surface area contributed by atoms with Crippen molar-refractivity contribution in [3.05, 3.63) is 24.0 Å². The van der Waals surface area contributed by atoms with Crippen LogP contribution in [0.3, 0.4) is 0 Å². The summed E-state index contributed by atoms with van der Waals surface area (Å²) in [6.45, 7) is 0. The topological polar surface area (TPSA) is 60.7 Å². The summed E-state index contributed by atoms with van der Waals surface area (Å²) in [6, 6.07) is 3.10. The van der Waals surface area contributed by atoms with E-state index in [1.54, 1.807) is 0 Å². The van der Waals surface area contributed by atoms with Crippen LogP contribution in [0.4, 0.5) is 4.39 Å². The van der Waals surface area contributed by atoms with E-state index in [0.29, 0.717) is 0 Å². The summed E-state index contributed by atoms with van der Waals surface area (Å²) >= 11 is 0. The SMILES string of the molecule is OB(O)c1ccc(O)cc1F. The predicted molar refractivity (Wildman–Crippen MR) is 37.9 cm³/mol. The molecule has 0 heterocycles. The highest BCUT2D eigenvalue weighted by Crippen LogP contribution is 2.07. The third-order valence-electron chi connectivity index (χ3n) is 1.26. The van der Waals surface area contributed by atoms with Gasteiger partial charge in [0.2, 0.25) is 0 Å². The minimum atomic E-state index is -1.84. The van der Waals surface area contributed by atoms with Gasteiger partial charge in [-0.15, -0.1) is 0 Å². The summed E-state index contributed by atoms with van der Waals surface area (Å²) < 4.78 is 12.6. The molecular formula is C6H6BFO3. The van der Waals surface area contributed by atoms with E-state index < -0.39 is 12.9 Å². The molecule has 0 atom stereocenters. The number of benzene rings is 1. The first-order valence-corrected chi connectivity index (χ1v) is 2.96. The van der Waals surface area contributed by atoms with E-state index in [0.717, 1.165) is 12.1 Å². The van der Waals surface area contributed by atoms with Gasteiger partial charge in [0.25, 0.3) is 0 Å². The van der Waals surface area contributed by atoms with E-state index in [1.807, 2.05) is 0 Å². The van der Waals surface area contributed by atoms with Crippen molar-refractivity contribution < 1.29 is 19.5 Å². The van der Waals surface area contributed by atoms with E-state index >= 15 is 0 Å². The fourth-order valence-corrected chi connectivity index (χ4v) is 0.725. The highest BCUT2D eigenvalue weighted by Gasteiger charge is 2.15. The van der Waals surface area contributed by atoms with Gasteiger partial charge >= 0.3 is 7.12 Å². The summed E-state index contributed by atoms with van der Waals surface area (Å²) in [5.41, 5.74) is -0.247. The Labute approximate surface area is 62.9 Å². The molecule has 1 aromatic rings. The van der Waals surface area contributed by atoms with Crippen molar-refractivity contribution in [3.63, 3.8) is 0 Å². The molecule has 1 aromatic carbocycles. The fourth-order valence-electron chi connectivity index (χ4n) is 0.725. The molecule has 5 heteroatoms. The van der Waals surface area contributed by atoms with E-state index in [4.69, 9.17) is 15.2 Å². The highest BCUT2D eigenvalue weighted by molar-refractivity contribution is 6.58. The largest absolute Gasteiger partial charge is 0.508 e. The van der Waals surface area contributed by atoms with E-state index in [1.165, 1.54) is 6.07 Å². The minimum Gasteiger partial charge on any atom is -0.508 e. The first kappa shape index (κ1) is 8.04. The molecule has 0 radical (unpaired) electrons. The van der Waals surface area contributed by atoms with Gasteiger partial charge < -0.3 is 15.2 Å². The minimum absolute atomic E-state index is 0.244. The molecule has 0 unspecified atom stereocenters. The Morgan fingerprint density at radius 1 is 1.27 bits per heavy atom. The van der Waals surface area contributed by atoms with E-state index in [2.05, 4.69) is 0 Å². The number of hydrogen-bond donors (Lipinski definition) is 3. The molecule has 3 nitrogen and oxygen atoms in total. The fraction of sp³-hybridized carbons (Fsp3) is 0. The Balaban J connectivity index is 3.09. The zero-order valence-corrected chi connectivity index (χ0v) is 5.53. The number of aromatic hydroxyl groups is 1. The van der Waals surface area contributed by atoms with Crippen LogP contribution in [0.25, 0.3) is 0 Å². The number of phenols is 1. The average molecular weight is 156 g/mol. The third-order valence-corrected chi connectivity index (χ3v) is 1.26. The molecule has 0 amide bonds. The lowest BCUT2D eigenvalue weighted by Crippen LogP contribution is -2.32. The number of hydrogen-bond acceptors (Lipinski definition) is 3. The number of phenolic OH excluding ortho intramolecular Hbond substituents is 1. The molecule has 0 spiro atoms. The third kappa shape index (κ3) is 1.69. The molecule has 58 valence electrons. The molecule has 11 heavy (non-hydrogen) atoms.